The summed E-state index contributed by atoms with van der Waals surface area (Å²) in [7, 11) is 0. The predicted octanol–water partition coefficient (Wildman–Crippen LogP) is 3.31. The topological polar surface area (TPSA) is 12.0 Å². The minimum absolute atomic E-state index is 0.716. The molecular weight excluding hydrogens is 238 g/mol. The zero-order valence-corrected chi connectivity index (χ0v) is 11.0. The fraction of sp³-hybridized carbons (Fsp3) is 0.538. The maximum Gasteiger partial charge on any atom is 0.0260 e. The first kappa shape index (κ1) is 12.3. The standard InChI is InChI=1S/C13H18ClNS/c14-7-3-4-8-15-10-12-9-11-5-1-2-6-13(11)16-12/h1-2,5-6,12,15H,3-4,7-10H2. The highest BCUT2D eigenvalue weighted by Crippen LogP contribution is 2.36. The Kier molecular flexibility index (Phi) is 5.01. The Hall–Kier alpha value is -0.180. The summed E-state index contributed by atoms with van der Waals surface area (Å²) < 4.78 is 0. The van der Waals surface area contributed by atoms with Gasteiger partial charge in [-0.2, -0.15) is 0 Å². The van der Waals surface area contributed by atoms with E-state index in [1.807, 2.05) is 11.8 Å². The Labute approximate surface area is 107 Å². The molecule has 1 unspecified atom stereocenters. The highest BCUT2D eigenvalue weighted by atomic mass is 35.5. The van der Waals surface area contributed by atoms with Crippen LogP contribution in [0.2, 0.25) is 0 Å². The highest BCUT2D eigenvalue weighted by molar-refractivity contribution is 8.00. The summed E-state index contributed by atoms with van der Waals surface area (Å²) in [4.78, 5) is 1.47. The van der Waals surface area contributed by atoms with E-state index in [-0.39, 0.29) is 0 Å². The van der Waals surface area contributed by atoms with E-state index in [0.29, 0.717) is 5.25 Å². The number of hydrogen-bond acceptors (Lipinski definition) is 2. The maximum absolute atomic E-state index is 5.64. The van der Waals surface area contributed by atoms with Gasteiger partial charge in [-0.3, -0.25) is 0 Å². The summed E-state index contributed by atoms with van der Waals surface area (Å²) in [5.41, 5.74) is 1.51. The van der Waals surface area contributed by atoms with E-state index >= 15 is 0 Å². The van der Waals surface area contributed by atoms with Crippen molar-refractivity contribution in [2.45, 2.75) is 29.4 Å². The normalized spacial score (nSPS) is 18.7. The molecule has 1 N–H and O–H groups in total. The van der Waals surface area contributed by atoms with Crippen LogP contribution in [0.25, 0.3) is 0 Å². The van der Waals surface area contributed by atoms with Gasteiger partial charge in [-0.15, -0.1) is 23.4 Å². The number of benzene rings is 1. The molecule has 16 heavy (non-hydrogen) atoms. The van der Waals surface area contributed by atoms with Crippen LogP contribution in [0.4, 0.5) is 0 Å². The van der Waals surface area contributed by atoms with Gasteiger partial charge in [0.05, 0.1) is 0 Å². The molecule has 0 spiro atoms. The van der Waals surface area contributed by atoms with Crippen LogP contribution < -0.4 is 5.32 Å². The van der Waals surface area contributed by atoms with Crippen LogP contribution in [-0.4, -0.2) is 24.2 Å². The van der Waals surface area contributed by atoms with Gasteiger partial charge in [0.2, 0.25) is 0 Å². The monoisotopic (exact) mass is 255 g/mol. The fourth-order valence-electron chi connectivity index (χ4n) is 1.98. The summed E-state index contributed by atoms with van der Waals surface area (Å²) in [6.07, 6.45) is 3.52. The number of thioether (sulfide) groups is 1. The predicted molar refractivity (Wildman–Crippen MR) is 72.6 cm³/mol. The molecule has 1 aromatic carbocycles. The van der Waals surface area contributed by atoms with Crippen LogP contribution in [0.5, 0.6) is 0 Å². The van der Waals surface area contributed by atoms with Crippen molar-refractivity contribution in [3.63, 3.8) is 0 Å². The second kappa shape index (κ2) is 6.53. The molecule has 0 aliphatic carbocycles. The molecule has 0 fully saturated rings. The van der Waals surface area contributed by atoms with E-state index in [2.05, 4.69) is 29.6 Å². The lowest BCUT2D eigenvalue weighted by Crippen LogP contribution is -2.25. The molecule has 1 aromatic rings. The molecule has 88 valence electrons. The number of rotatable bonds is 6. The lowest BCUT2D eigenvalue weighted by atomic mass is 10.1. The molecule has 0 radical (unpaired) electrons. The molecule has 0 amide bonds. The van der Waals surface area contributed by atoms with Crippen LogP contribution in [0.3, 0.4) is 0 Å². The molecule has 1 aliphatic rings. The average molecular weight is 256 g/mol. The number of hydrogen-bond donors (Lipinski definition) is 1. The van der Waals surface area contributed by atoms with Crippen LogP contribution in [-0.2, 0) is 6.42 Å². The third kappa shape index (κ3) is 3.41. The zero-order chi connectivity index (χ0) is 11.2. The van der Waals surface area contributed by atoms with Crippen molar-refractivity contribution < 1.29 is 0 Å². The Morgan fingerprint density at radius 3 is 3.00 bits per heavy atom. The first-order valence-corrected chi connectivity index (χ1v) is 7.33. The number of fused-ring (bicyclic) bond motifs is 1. The molecule has 0 bridgehead atoms. The van der Waals surface area contributed by atoms with Gasteiger partial charge >= 0.3 is 0 Å². The minimum Gasteiger partial charge on any atom is -0.316 e. The van der Waals surface area contributed by atoms with E-state index in [4.69, 9.17) is 11.6 Å². The number of unbranched alkanes of at least 4 members (excludes halogenated alkanes) is 1. The zero-order valence-electron chi connectivity index (χ0n) is 9.42. The quantitative estimate of drug-likeness (QED) is 0.618. The highest BCUT2D eigenvalue weighted by Gasteiger charge is 2.20. The molecule has 1 nitrogen and oxygen atoms in total. The molecule has 1 aliphatic heterocycles. The van der Waals surface area contributed by atoms with Gasteiger partial charge < -0.3 is 5.32 Å². The lowest BCUT2D eigenvalue weighted by molar-refractivity contribution is 0.628. The first-order chi connectivity index (χ1) is 7.90. The van der Waals surface area contributed by atoms with Crippen LogP contribution >= 0.6 is 23.4 Å². The molecule has 1 heterocycles. The van der Waals surface area contributed by atoms with Crippen molar-refractivity contribution in [1.82, 2.24) is 5.32 Å². The summed E-state index contributed by atoms with van der Waals surface area (Å²) in [5.74, 6) is 0.783. The van der Waals surface area contributed by atoms with Crippen molar-refractivity contribution in [3.8, 4) is 0 Å². The second-order valence-electron chi connectivity index (χ2n) is 4.15. The average Bonchev–Trinajstić information content (AvgIpc) is 2.71. The largest absolute Gasteiger partial charge is 0.316 e. The Balaban J connectivity index is 1.67. The maximum atomic E-state index is 5.64. The fourth-order valence-corrected chi connectivity index (χ4v) is 3.45. The first-order valence-electron chi connectivity index (χ1n) is 5.91. The summed E-state index contributed by atoms with van der Waals surface area (Å²) in [6, 6.07) is 8.74. The smallest absolute Gasteiger partial charge is 0.0260 e. The van der Waals surface area contributed by atoms with Gasteiger partial charge in [-0.05, 0) is 37.4 Å². The Morgan fingerprint density at radius 1 is 1.31 bits per heavy atom. The van der Waals surface area contributed by atoms with Gasteiger partial charge in [0.15, 0.2) is 0 Å². The molecule has 2 rings (SSSR count). The van der Waals surface area contributed by atoms with E-state index in [0.717, 1.165) is 25.4 Å². The third-order valence-corrected chi connectivity index (χ3v) is 4.41. The molecule has 3 heteroatoms. The molecular formula is C13H18ClNS. The van der Waals surface area contributed by atoms with Gasteiger partial charge in [-0.1, -0.05) is 18.2 Å². The SMILES string of the molecule is ClCCCCNCC1Cc2ccccc2S1. The van der Waals surface area contributed by atoms with Crippen molar-refractivity contribution in [2.24, 2.45) is 0 Å². The summed E-state index contributed by atoms with van der Waals surface area (Å²) >= 11 is 7.65. The van der Waals surface area contributed by atoms with Crippen molar-refractivity contribution in [3.05, 3.63) is 29.8 Å². The molecule has 1 atom stereocenters. The van der Waals surface area contributed by atoms with Gasteiger partial charge in [-0.25, -0.2) is 0 Å². The van der Waals surface area contributed by atoms with Crippen LogP contribution in [0.1, 0.15) is 18.4 Å². The number of alkyl halides is 1. The Morgan fingerprint density at radius 2 is 2.19 bits per heavy atom. The molecule has 0 saturated carbocycles. The summed E-state index contributed by atoms with van der Waals surface area (Å²) in [5, 5.41) is 4.23. The van der Waals surface area contributed by atoms with Crippen LogP contribution in [0.15, 0.2) is 29.2 Å². The van der Waals surface area contributed by atoms with E-state index in [9.17, 15) is 0 Å². The van der Waals surface area contributed by atoms with Crippen molar-refractivity contribution >= 4 is 23.4 Å². The van der Waals surface area contributed by atoms with Gasteiger partial charge in [0.1, 0.15) is 0 Å². The Bertz CT molecular complexity index is 304. The number of nitrogens with one attached hydrogen (secondary N) is 1. The van der Waals surface area contributed by atoms with E-state index in [1.165, 1.54) is 23.3 Å². The summed E-state index contributed by atoms with van der Waals surface area (Å²) in [6.45, 7) is 2.21. The van der Waals surface area contributed by atoms with Crippen molar-refractivity contribution in [1.29, 1.82) is 0 Å². The lowest BCUT2D eigenvalue weighted by Gasteiger charge is -2.09. The van der Waals surface area contributed by atoms with E-state index in [1.54, 1.807) is 0 Å². The molecule has 0 saturated heterocycles. The third-order valence-electron chi connectivity index (χ3n) is 2.82. The van der Waals surface area contributed by atoms with Crippen LogP contribution in [0, 0.1) is 0 Å². The minimum atomic E-state index is 0.716. The molecule has 0 aromatic heterocycles. The van der Waals surface area contributed by atoms with Crippen molar-refractivity contribution in [2.75, 3.05) is 19.0 Å². The second-order valence-corrected chi connectivity index (χ2v) is 5.87. The van der Waals surface area contributed by atoms with Gasteiger partial charge in [0.25, 0.3) is 0 Å². The van der Waals surface area contributed by atoms with E-state index < -0.39 is 0 Å². The van der Waals surface area contributed by atoms with Gasteiger partial charge in [0, 0.05) is 22.6 Å². The number of halogens is 1.